The Morgan fingerprint density at radius 1 is 0.921 bits per heavy atom. The van der Waals surface area contributed by atoms with Crippen LogP contribution in [-0.4, -0.2) is 34.1 Å². The van der Waals surface area contributed by atoms with Gasteiger partial charge in [0.1, 0.15) is 5.71 Å². The molecule has 0 fully saturated rings. The lowest BCUT2D eigenvalue weighted by Crippen LogP contribution is -2.26. The van der Waals surface area contributed by atoms with Gasteiger partial charge in [-0.15, -0.1) is 0 Å². The molecule has 7 nitrogen and oxygen atoms in total. The maximum atomic E-state index is 13.9. The van der Waals surface area contributed by atoms with Crippen LogP contribution in [0.2, 0.25) is 0 Å². The summed E-state index contributed by atoms with van der Waals surface area (Å²) < 4.78 is 25.2. The molecular weight excluding hydrogens is 726 g/mol. The van der Waals surface area contributed by atoms with Crippen molar-refractivity contribution in [3.8, 4) is 0 Å². The van der Waals surface area contributed by atoms with Crippen molar-refractivity contribution in [1.82, 2.24) is 0 Å². The third kappa shape index (κ3) is 6.93. The lowest BCUT2D eigenvalue weighted by atomic mass is 9.95. The number of halogens is 2. The van der Waals surface area contributed by atoms with E-state index < -0.39 is 10.0 Å². The molecule has 0 unspecified atom stereocenters. The van der Waals surface area contributed by atoms with Crippen LogP contribution in [0, 0.1) is 27.7 Å². The number of carbonyl (C=O) groups is 1. The van der Waals surface area contributed by atoms with Crippen molar-refractivity contribution >= 4 is 83.9 Å². The van der Waals surface area contributed by atoms with E-state index in [1.807, 2.05) is 77.0 Å². The van der Waals surface area contributed by atoms with Crippen LogP contribution in [0.3, 0.4) is 0 Å². The molecule has 0 aliphatic carbocycles. The van der Waals surface area contributed by atoms with E-state index in [-0.39, 0.29) is 10.8 Å². The van der Waals surface area contributed by atoms with E-state index in [0.717, 1.165) is 33.5 Å². The molecule has 0 bridgehead atoms. The number of amides is 1. The molecule has 3 aromatic rings. The number of anilines is 2. The van der Waals surface area contributed by atoms with Crippen LogP contribution in [0.1, 0.15) is 38.9 Å². The van der Waals surface area contributed by atoms with Crippen LogP contribution in [0.5, 0.6) is 0 Å². The molecule has 1 amide bonds. The van der Waals surface area contributed by atoms with Gasteiger partial charge in [0.25, 0.3) is 5.91 Å². The van der Waals surface area contributed by atoms with E-state index >= 15 is 0 Å². The number of aliphatic imine (C=N–C) groups is 1. The molecule has 3 N–H and O–H groups in total. The zero-order valence-corrected chi connectivity index (χ0v) is 27.4. The van der Waals surface area contributed by atoms with Gasteiger partial charge in [0, 0.05) is 39.9 Å². The zero-order chi connectivity index (χ0) is 28.4. The van der Waals surface area contributed by atoms with Crippen molar-refractivity contribution in [2.45, 2.75) is 41.4 Å². The fourth-order valence-corrected chi connectivity index (χ4v) is 6.71. The third-order valence-electron chi connectivity index (χ3n) is 6.19. The molecule has 38 heavy (non-hydrogen) atoms. The summed E-state index contributed by atoms with van der Waals surface area (Å²) in [6.45, 7) is 7.95. The fourth-order valence-electron chi connectivity index (χ4n) is 4.38. The van der Waals surface area contributed by atoms with Gasteiger partial charge >= 0.3 is 0 Å². The van der Waals surface area contributed by atoms with Crippen molar-refractivity contribution in [1.29, 1.82) is 0 Å². The van der Waals surface area contributed by atoms with Crippen molar-refractivity contribution in [3.63, 3.8) is 0 Å². The maximum Gasteiger partial charge on any atom is 0.274 e. The molecule has 0 heterocycles. The molecule has 3 aromatic carbocycles. The largest absolute Gasteiger partial charge is 0.378 e. The smallest absolute Gasteiger partial charge is 0.274 e. The number of sulfonamides is 1. The average Bonchev–Trinajstić information content (AvgIpc) is 2.82. The minimum Gasteiger partial charge on any atom is -0.378 e. The van der Waals surface area contributed by atoms with Crippen LogP contribution in [0.25, 0.3) is 0 Å². The summed E-state index contributed by atoms with van der Waals surface area (Å²) in [5.74, 6) is -0.370. The first-order chi connectivity index (χ1) is 17.8. The lowest BCUT2D eigenvalue weighted by Gasteiger charge is -2.18. The number of hydrogen-bond donors (Lipinski definition) is 2. The molecule has 0 radical (unpaired) electrons. The third-order valence-corrected chi connectivity index (χ3v) is 8.82. The van der Waals surface area contributed by atoms with Gasteiger partial charge in [-0.1, -0.05) is 62.9 Å². The quantitative estimate of drug-likeness (QED) is 0.161. The molecule has 10 heteroatoms. The minimum atomic E-state index is -3.90. The summed E-state index contributed by atoms with van der Waals surface area (Å²) >= 11 is 4.24. The van der Waals surface area contributed by atoms with Crippen LogP contribution in [0.4, 0.5) is 17.1 Å². The Morgan fingerprint density at radius 3 is 2.03 bits per heavy atom. The Morgan fingerprint density at radius 2 is 1.53 bits per heavy atom. The van der Waals surface area contributed by atoms with E-state index in [9.17, 15) is 13.2 Å². The maximum absolute atomic E-state index is 13.9. The van der Waals surface area contributed by atoms with Crippen LogP contribution in [-0.2, 0) is 23.7 Å². The number of aryl methyl sites for hydroxylation is 4. The lowest BCUT2D eigenvalue weighted by molar-refractivity contribution is -0.110. The highest BCUT2D eigenvalue weighted by Crippen LogP contribution is 2.30. The van der Waals surface area contributed by atoms with Crippen molar-refractivity contribution < 1.29 is 13.2 Å². The molecule has 202 valence electrons. The number of hydrogen-bond acceptors (Lipinski definition) is 5. The normalized spacial score (nSPS) is 12.0. The molecule has 0 aromatic heterocycles. The van der Waals surface area contributed by atoms with Gasteiger partial charge < -0.3 is 10.2 Å². The van der Waals surface area contributed by atoms with Gasteiger partial charge in [-0.3, -0.25) is 4.79 Å². The molecular formula is C28H32I2N4O3S. The monoisotopic (exact) mass is 758 g/mol. The second kappa shape index (κ2) is 12.4. The van der Waals surface area contributed by atoms with Crippen LogP contribution in [0.15, 0.2) is 52.4 Å². The standard InChI is InChI=1S/C28H32I2N4O3S/c1-16-9-18(3)26(19(4)10-16)27(32-23-8-7-22(34(5)6)11-17(23)2)28(35)33-24-12-21(15-30)25(38(31,36)37)13-20(24)14-29/h7-13H,14-15H2,1-6H3,(H,33,35)(H2,31,36,37). The van der Waals surface area contributed by atoms with Gasteiger partial charge in [-0.2, -0.15) is 0 Å². The summed E-state index contributed by atoms with van der Waals surface area (Å²) in [6, 6.07) is 13.3. The molecule has 0 atom stereocenters. The molecule has 0 saturated carbocycles. The molecule has 0 spiro atoms. The number of benzene rings is 3. The Kier molecular flexibility index (Phi) is 9.98. The van der Waals surface area contributed by atoms with E-state index in [2.05, 4.69) is 50.5 Å². The Labute approximate surface area is 252 Å². The van der Waals surface area contributed by atoms with Gasteiger partial charge in [0.2, 0.25) is 10.0 Å². The van der Waals surface area contributed by atoms with E-state index in [1.54, 1.807) is 12.1 Å². The summed E-state index contributed by atoms with van der Waals surface area (Å²) in [5.41, 5.74) is 8.51. The number of nitrogens with zero attached hydrogens (tertiary/aromatic N) is 2. The second-order valence-corrected chi connectivity index (χ2v) is 12.5. The Balaban J connectivity index is 2.20. The molecule has 3 rings (SSSR count). The summed E-state index contributed by atoms with van der Waals surface area (Å²) in [6.07, 6.45) is 0. The second-order valence-electron chi connectivity index (χ2n) is 9.48. The summed E-state index contributed by atoms with van der Waals surface area (Å²) in [5, 5.41) is 8.49. The SMILES string of the molecule is Cc1cc(C)c(C(=Nc2ccc(N(C)C)cc2C)C(=O)Nc2cc(CI)c(S(N)(=O)=O)cc2CI)c(C)c1. The van der Waals surface area contributed by atoms with Crippen molar-refractivity contribution in [2.75, 3.05) is 24.3 Å². The molecule has 0 saturated heterocycles. The molecule has 0 aliphatic heterocycles. The number of primary sulfonamides is 1. The van der Waals surface area contributed by atoms with E-state index in [0.29, 0.717) is 37.1 Å². The molecule has 0 aliphatic rings. The highest BCUT2D eigenvalue weighted by atomic mass is 127. The minimum absolute atomic E-state index is 0.0762. The number of alkyl halides is 2. The van der Waals surface area contributed by atoms with Gasteiger partial charge in [0.05, 0.1) is 10.6 Å². The zero-order valence-electron chi connectivity index (χ0n) is 22.3. The first-order valence-corrected chi connectivity index (χ1v) is 16.4. The Hall–Kier alpha value is -2.03. The number of rotatable bonds is 8. The van der Waals surface area contributed by atoms with Crippen molar-refractivity contribution in [3.05, 3.63) is 81.4 Å². The van der Waals surface area contributed by atoms with E-state index in [1.165, 1.54) is 0 Å². The first kappa shape index (κ1) is 30.5. The Bertz CT molecular complexity index is 1510. The highest BCUT2D eigenvalue weighted by molar-refractivity contribution is 14.1. The van der Waals surface area contributed by atoms with Crippen molar-refractivity contribution in [2.24, 2.45) is 10.1 Å². The predicted octanol–water partition coefficient (Wildman–Crippen LogP) is 6.26. The summed E-state index contributed by atoms with van der Waals surface area (Å²) in [4.78, 5) is 20.9. The number of nitrogens with one attached hydrogen (secondary N) is 1. The van der Waals surface area contributed by atoms with Gasteiger partial charge in [-0.05, 0) is 85.8 Å². The van der Waals surface area contributed by atoms with E-state index in [4.69, 9.17) is 10.1 Å². The first-order valence-electron chi connectivity index (χ1n) is 11.8. The fraction of sp³-hybridized carbons (Fsp3) is 0.286. The number of nitrogens with two attached hydrogens (primary N) is 1. The van der Waals surface area contributed by atoms with Crippen LogP contribution >= 0.6 is 45.2 Å². The topological polar surface area (TPSA) is 105 Å². The van der Waals surface area contributed by atoms with Gasteiger partial charge in [0.15, 0.2) is 0 Å². The average molecular weight is 758 g/mol. The van der Waals surface area contributed by atoms with Gasteiger partial charge in [-0.25, -0.2) is 18.5 Å². The van der Waals surface area contributed by atoms with Crippen LogP contribution < -0.4 is 15.4 Å². The predicted molar refractivity (Wildman–Crippen MR) is 174 cm³/mol. The number of carbonyl (C=O) groups excluding carboxylic acids is 1. The summed E-state index contributed by atoms with van der Waals surface area (Å²) in [7, 11) is 0.0541. The highest BCUT2D eigenvalue weighted by Gasteiger charge is 2.23.